The summed E-state index contributed by atoms with van der Waals surface area (Å²) in [5, 5.41) is 0.551. The minimum Gasteiger partial charge on any atom is -0.442 e. The summed E-state index contributed by atoms with van der Waals surface area (Å²) in [6.45, 7) is 5.36. The molecule has 0 aliphatic carbocycles. The molecule has 0 atom stereocenters. The second-order valence-corrected chi connectivity index (χ2v) is 4.67. The van der Waals surface area contributed by atoms with Gasteiger partial charge < -0.3 is 4.74 Å². The van der Waals surface area contributed by atoms with Crippen molar-refractivity contribution in [3.8, 4) is 0 Å². The van der Waals surface area contributed by atoms with Gasteiger partial charge in [0.2, 0.25) is 0 Å². The average molecular weight is 240 g/mol. The van der Waals surface area contributed by atoms with Gasteiger partial charge in [0.15, 0.2) is 0 Å². The molecule has 0 bridgehead atoms. The van der Waals surface area contributed by atoms with Gasteiger partial charge in [-0.3, -0.25) is 0 Å². The highest BCUT2D eigenvalue weighted by Crippen LogP contribution is 2.13. The van der Waals surface area contributed by atoms with Crippen LogP contribution in [0.1, 0.15) is 26.3 Å². The summed E-state index contributed by atoms with van der Waals surface area (Å²) in [5.74, 6) is 0. The SMILES string of the molecule is CC(C)(C)OC(=O)N=Cc1ccccc1Cl. The van der Waals surface area contributed by atoms with Crippen LogP contribution in [0.15, 0.2) is 29.3 Å². The van der Waals surface area contributed by atoms with Gasteiger partial charge in [-0.15, -0.1) is 0 Å². The third-order valence-corrected chi connectivity index (χ3v) is 1.95. The van der Waals surface area contributed by atoms with Crippen LogP contribution in [0.25, 0.3) is 0 Å². The molecule has 0 heterocycles. The van der Waals surface area contributed by atoms with Gasteiger partial charge >= 0.3 is 6.09 Å². The Morgan fingerprint density at radius 3 is 2.56 bits per heavy atom. The minimum absolute atomic E-state index is 0.533. The van der Waals surface area contributed by atoms with Gasteiger partial charge in [-0.1, -0.05) is 29.8 Å². The van der Waals surface area contributed by atoms with Gasteiger partial charge in [-0.25, -0.2) is 4.79 Å². The van der Waals surface area contributed by atoms with Crippen molar-refractivity contribution >= 4 is 23.9 Å². The van der Waals surface area contributed by atoms with E-state index in [1.165, 1.54) is 6.21 Å². The summed E-state index contributed by atoms with van der Waals surface area (Å²) in [7, 11) is 0. The molecule has 1 rings (SSSR count). The lowest BCUT2D eigenvalue weighted by Crippen LogP contribution is -2.21. The maximum atomic E-state index is 11.3. The van der Waals surface area contributed by atoms with Crippen LogP contribution in [0.2, 0.25) is 5.02 Å². The number of ether oxygens (including phenoxy) is 1. The summed E-state index contributed by atoms with van der Waals surface area (Å²) in [4.78, 5) is 15.0. The van der Waals surface area contributed by atoms with Crippen molar-refractivity contribution in [1.82, 2.24) is 0 Å². The van der Waals surface area contributed by atoms with Gasteiger partial charge in [0.05, 0.1) is 0 Å². The third-order valence-electron chi connectivity index (χ3n) is 1.61. The molecule has 1 amide bonds. The molecule has 1 aromatic carbocycles. The molecule has 0 N–H and O–H groups in total. The molecule has 0 saturated heterocycles. The Morgan fingerprint density at radius 1 is 1.38 bits per heavy atom. The molecule has 0 spiro atoms. The van der Waals surface area contributed by atoms with Crippen molar-refractivity contribution in [2.24, 2.45) is 4.99 Å². The summed E-state index contributed by atoms with van der Waals surface area (Å²) in [6, 6.07) is 7.14. The van der Waals surface area contributed by atoms with Crippen molar-refractivity contribution in [3.63, 3.8) is 0 Å². The van der Waals surface area contributed by atoms with E-state index < -0.39 is 11.7 Å². The van der Waals surface area contributed by atoms with Crippen LogP contribution >= 0.6 is 11.6 Å². The third kappa shape index (κ3) is 4.45. The maximum Gasteiger partial charge on any atom is 0.434 e. The fourth-order valence-electron chi connectivity index (χ4n) is 0.990. The Balaban J connectivity index is 2.68. The van der Waals surface area contributed by atoms with E-state index in [4.69, 9.17) is 16.3 Å². The van der Waals surface area contributed by atoms with Crippen molar-refractivity contribution in [3.05, 3.63) is 34.9 Å². The number of carbonyl (C=O) groups excluding carboxylic acids is 1. The van der Waals surface area contributed by atoms with Crippen LogP contribution in [0.5, 0.6) is 0 Å². The largest absolute Gasteiger partial charge is 0.442 e. The summed E-state index contributed by atoms with van der Waals surface area (Å²) in [6.07, 6.45) is 0.781. The quantitative estimate of drug-likeness (QED) is 0.701. The maximum absolute atomic E-state index is 11.3. The fraction of sp³-hybridized carbons (Fsp3) is 0.333. The first-order valence-corrected chi connectivity index (χ1v) is 5.28. The van der Waals surface area contributed by atoms with Crippen LogP contribution in [-0.4, -0.2) is 17.9 Å². The number of hydrogen-bond acceptors (Lipinski definition) is 2. The summed E-state index contributed by atoms with van der Waals surface area (Å²) < 4.78 is 5.02. The molecule has 0 unspecified atom stereocenters. The highest BCUT2D eigenvalue weighted by atomic mass is 35.5. The summed E-state index contributed by atoms with van der Waals surface area (Å²) >= 11 is 5.90. The highest BCUT2D eigenvalue weighted by Gasteiger charge is 2.14. The predicted octanol–water partition coefficient (Wildman–Crippen LogP) is 3.69. The van der Waals surface area contributed by atoms with Crippen LogP contribution in [0.3, 0.4) is 0 Å². The number of amides is 1. The average Bonchev–Trinajstić information content (AvgIpc) is 2.14. The first kappa shape index (κ1) is 12.7. The number of aliphatic imine (C=N–C) groups is 1. The highest BCUT2D eigenvalue weighted by molar-refractivity contribution is 6.33. The zero-order valence-corrected chi connectivity index (χ0v) is 10.3. The van der Waals surface area contributed by atoms with Gasteiger partial charge in [0.25, 0.3) is 0 Å². The van der Waals surface area contributed by atoms with Crippen LogP contribution < -0.4 is 0 Å². The van der Waals surface area contributed by atoms with Gasteiger partial charge in [0, 0.05) is 16.8 Å². The van der Waals surface area contributed by atoms with Crippen molar-refractivity contribution in [2.45, 2.75) is 26.4 Å². The molecule has 0 aliphatic rings. The van der Waals surface area contributed by atoms with Gasteiger partial charge in [0.1, 0.15) is 5.60 Å². The number of rotatable bonds is 1. The first-order chi connectivity index (χ1) is 7.38. The van der Waals surface area contributed by atoms with E-state index >= 15 is 0 Å². The second kappa shape index (κ2) is 5.12. The Kier molecular flexibility index (Phi) is 4.07. The van der Waals surface area contributed by atoms with E-state index in [2.05, 4.69) is 4.99 Å². The van der Waals surface area contributed by atoms with Crippen LogP contribution in [0.4, 0.5) is 4.79 Å². The van der Waals surface area contributed by atoms with E-state index in [1.54, 1.807) is 32.9 Å². The normalized spacial score (nSPS) is 11.8. The predicted molar refractivity (Wildman–Crippen MR) is 65.3 cm³/mol. The van der Waals surface area contributed by atoms with E-state index in [1.807, 2.05) is 12.1 Å². The molecule has 0 saturated carbocycles. The van der Waals surface area contributed by atoms with E-state index in [0.29, 0.717) is 10.6 Å². The molecule has 1 aromatic rings. The number of benzene rings is 1. The molecule has 0 fully saturated rings. The standard InChI is InChI=1S/C12H14ClNO2/c1-12(2,3)16-11(15)14-8-9-6-4-5-7-10(9)13/h4-8H,1-3H3. The Bertz CT molecular complexity index is 408. The van der Waals surface area contributed by atoms with E-state index in [9.17, 15) is 4.79 Å². The molecule has 86 valence electrons. The Hall–Kier alpha value is -1.35. The number of carbonyl (C=O) groups is 1. The minimum atomic E-state index is -0.618. The lowest BCUT2D eigenvalue weighted by Gasteiger charge is -2.17. The van der Waals surface area contributed by atoms with Gasteiger partial charge in [-0.05, 0) is 26.8 Å². The number of nitrogens with zero attached hydrogens (tertiary/aromatic N) is 1. The molecule has 0 aromatic heterocycles. The molecular weight excluding hydrogens is 226 g/mol. The second-order valence-electron chi connectivity index (χ2n) is 4.26. The molecule has 4 heteroatoms. The number of hydrogen-bond donors (Lipinski definition) is 0. The van der Waals surface area contributed by atoms with Gasteiger partial charge in [-0.2, -0.15) is 4.99 Å². The van der Waals surface area contributed by atoms with Crippen LogP contribution in [-0.2, 0) is 4.74 Å². The van der Waals surface area contributed by atoms with Crippen LogP contribution in [0, 0.1) is 0 Å². The van der Waals surface area contributed by atoms with E-state index in [-0.39, 0.29) is 0 Å². The topological polar surface area (TPSA) is 38.7 Å². The molecule has 0 radical (unpaired) electrons. The smallest absolute Gasteiger partial charge is 0.434 e. The Labute approximate surface area is 100 Å². The number of halogens is 1. The monoisotopic (exact) mass is 239 g/mol. The first-order valence-electron chi connectivity index (χ1n) is 4.90. The van der Waals surface area contributed by atoms with E-state index in [0.717, 1.165) is 0 Å². The Morgan fingerprint density at radius 2 is 2.00 bits per heavy atom. The molecular formula is C12H14ClNO2. The van der Waals surface area contributed by atoms with Crippen molar-refractivity contribution in [1.29, 1.82) is 0 Å². The van der Waals surface area contributed by atoms with Crippen molar-refractivity contribution < 1.29 is 9.53 Å². The lowest BCUT2D eigenvalue weighted by atomic mass is 10.2. The molecule has 0 aliphatic heterocycles. The molecule has 16 heavy (non-hydrogen) atoms. The lowest BCUT2D eigenvalue weighted by molar-refractivity contribution is 0.0605. The summed E-state index contributed by atoms with van der Waals surface area (Å²) in [5.41, 5.74) is 0.157. The zero-order valence-electron chi connectivity index (χ0n) is 9.53. The van der Waals surface area contributed by atoms with Crippen molar-refractivity contribution in [2.75, 3.05) is 0 Å². The fourth-order valence-corrected chi connectivity index (χ4v) is 1.17. The molecule has 3 nitrogen and oxygen atoms in total. The zero-order chi connectivity index (χ0) is 12.2.